The van der Waals surface area contributed by atoms with Crippen LogP contribution in [0.4, 0.5) is 4.79 Å². The van der Waals surface area contributed by atoms with Crippen molar-refractivity contribution in [3.63, 3.8) is 0 Å². The van der Waals surface area contributed by atoms with Gasteiger partial charge in [-0.25, -0.2) is 4.79 Å². The van der Waals surface area contributed by atoms with Crippen LogP contribution < -0.4 is 5.32 Å². The third kappa shape index (κ3) is 13.1. The number of alkyl carbamates (subject to hydrolysis) is 1. The molecule has 0 aliphatic heterocycles. The molecule has 1 atom stereocenters. The number of carbonyl (C=O) groups excluding carboxylic acids is 1. The van der Waals surface area contributed by atoms with Crippen LogP contribution in [0.15, 0.2) is 12.8 Å². The van der Waals surface area contributed by atoms with Crippen LogP contribution in [0.2, 0.25) is 64.5 Å². The SMILES string of the molecule is C=CNC(=O)OC([SiH2]O[Si](C)(C)C)([SiH2]O[Si](C)(C)C)C(C)[SiH2]O[Si](C)(C)C. The van der Waals surface area contributed by atoms with Gasteiger partial charge in [0, 0.05) is 5.54 Å². The second kappa shape index (κ2) is 10.8. The number of hydrogen-bond acceptors (Lipinski definition) is 5. The van der Waals surface area contributed by atoms with Crippen LogP contribution >= 0.6 is 0 Å². The maximum Gasteiger partial charge on any atom is 0.411 e. The van der Waals surface area contributed by atoms with Crippen LogP contribution in [0.3, 0.4) is 0 Å². The largest absolute Gasteiger partial charge is 0.460 e. The van der Waals surface area contributed by atoms with Gasteiger partial charge in [0.25, 0.3) is 0 Å². The number of amides is 1. The van der Waals surface area contributed by atoms with Crippen molar-refractivity contribution in [3.8, 4) is 0 Å². The molecule has 12 heteroatoms. The summed E-state index contributed by atoms with van der Waals surface area (Å²) in [6.45, 7) is 25.4. The zero-order chi connectivity index (χ0) is 21.5. The van der Waals surface area contributed by atoms with Crippen molar-refractivity contribution < 1.29 is 21.9 Å². The van der Waals surface area contributed by atoms with E-state index in [1.807, 2.05) is 0 Å². The molecule has 0 saturated heterocycles. The molecular weight excluding hydrogens is 443 g/mol. The van der Waals surface area contributed by atoms with Gasteiger partial charge in [0.1, 0.15) is 4.85 Å². The summed E-state index contributed by atoms with van der Waals surface area (Å²) in [5, 5.41) is 2.56. The van der Waals surface area contributed by atoms with Crippen molar-refractivity contribution in [3.05, 3.63) is 12.8 Å². The number of hydrogen-bond donors (Lipinski definition) is 1. The van der Waals surface area contributed by atoms with Crippen molar-refractivity contribution in [2.75, 3.05) is 0 Å². The Morgan fingerprint density at radius 1 is 0.926 bits per heavy atom. The first-order chi connectivity index (χ1) is 12.0. The van der Waals surface area contributed by atoms with Gasteiger partial charge in [-0.2, -0.15) is 0 Å². The standard InChI is InChI=1S/C15H41NO5Si6/c1-12-16-14(17)18-15(23-20-26(6,7)8,24-21-27(9,10)11)13(2)22-19-25(3,4)5/h12-13H,1,22-24H2,2-11H3,(H,16,17). The molecule has 1 N–H and O–H groups in total. The zero-order valence-corrected chi connectivity index (χ0v) is 26.3. The summed E-state index contributed by atoms with van der Waals surface area (Å²) < 4.78 is 25.1. The molecule has 0 rings (SSSR count). The number of rotatable bonds is 12. The lowest BCUT2D eigenvalue weighted by Crippen LogP contribution is -2.58. The highest BCUT2D eigenvalue weighted by molar-refractivity contribution is 6.79. The highest BCUT2D eigenvalue weighted by atomic mass is 28.4. The summed E-state index contributed by atoms with van der Waals surface area (Å²) in [5.74, 6) is 0. The first kappa shape index (κ1) is 27.2. The topological polar surface area (TPSA) is 66.0 Å². The number of ether oxygens (including phenoxy) is 1. The number of carbonyl (C=O) groups is 1. The van der Waals surface area contributed by atoms with Crippen LogP contribution in [0.25, 0.3) is 0 Å². The molecule has 0 radical (unpaired) electrons. The molecule has 0 saturated carbocycles. The Hall–Kier alpha value is 0.191. The highest BCUT2D eigenvalue weighted by Gasteiger charge is 2.45. The van der Waals surface area contributed by atoms with E-state index in [1.165, 1.54) is 6.20 Å². The van der Waals surface area contributed by atoms with E-state index < -0.39 is 65.2 Å². The minimum atomic E-state index is -1.73. The van der Waals surface area contributed by atoms with Gasteiger partial charge in [0.05, 0.1) is 0 Å². The van der Waals surface area contributed by atoms with Crippen molar-refractivity contribution in [1.82, 2.24) is 5.32 Å². The van der Waals surface area contributed by atoms with E-state index in [9.17, 15) is 4.79 Å². The van der Waals surface area contributed by atoms with Gasteiger partial charge in [0.15, 0.2) is 54.2 Å². The lowest BCUT2D eigenvalue weighted by atomic mass is 10.5. The fourth-order valence-electron chi connectivity index (χ4n) is 1.99. The maximum atomic E-state index is 12.3. The predicted molar refractivity (Wildman–Crippen MR) is 131 cm³/mol. The van der Waals surface area contributed by atoms with Gasteiger partial charge in [-0.05, 0) is 65.1 Å². The molecule has 0 fully saturated rings. The smallest absolute Gasteiger partial charge is 0.411 e. The summed E-state index contributed by atoms with van der Waals surface area (Å²) in [6.07, 6.45) is 0.896. The van der Waals surface area contributed by atoms with Gasteiger partial charge < -0.3 is 17.1 Å². The maximum absolute atomic E-state index is 12.3. The zero-order valence-electron chi connectivity index (χ0n) is 19.0. The Labute approximate surface area is 176 Å². The van der Waals surface area contributed by atoms with Crippen molar-refractivity contribution >= 4 is 60.3 Å². The molecular formula is C15H41NO5Si6. The molecule has 6 nitrogen and oxygen atoms in total. The summed E-state index contributed by atoms with van der Waals surface area (Å²) in [4.78, 5) is 11.8. The monoisotopic (exact) mass is 483 g/mol. The molecule has 0 heterocycles. The molecule has 0 aromatic rings. The van der Waals surface area contributed by atoms with Crippen LogP contribution in [0.1, 0.15) is 6.92 Å². The molecule has 160 valence electrons. The minimum Gasteiger partial charge on any atom is -0.460 e. The summed E-state index contributed by atoms with van der Waals surface area (Å²) in [7, 11) is -8.26. The fraction of sp³-hybridized carbons (Fsp3) is 0.800. The van der Waals surface area contributed by atoms with Crippen LogP contribution in [0, 0.1) is 0 Å². The van der Waals surface area contributed by atoms with Crippen LogP contribution in [0.5, 0.6) is 0 Å². The van der Waals surface area contributed by atoms with E-state index >= 15 is 0 Å². The lowest BCUT2D eigenvalue weighted by Gasteiger charge is -2.41. The van der Waals surface area contributed by atoms with Gasteiger partial charge in [-0.15, -0.1) is 0 Å². The van der Waals surface area contributed by atoms with Gasteiger partial charge in [-0.3, -0.25) is 5.32 Å². The normalized spacial score (nSPS) is 17.7. The van der Waals surface area contributed by atoms with E-state index in [2.05, 4.69) is 77.7 Å². The third-order valence-electron chi connectivity index (χ3n) is 3.68. The van der Waals surface area contributed by atoms with Crippen LogP contribution in [-0.4, -0.2) is 65.2 Å². The van der Waals surface area contributed by atoms with E-state index in [1.54, 1.807) is 0 Å². The van der Waals surface area contributed by atoms with E-state index in [4.69, 9.17) is 17.1 Å². The summed E-state index contributed by atoms with van der Waals surface area (Å²) in [6, 6.07) is 0. The van der Waals surface area contributed by atoms with E-state index in [0.29, 0.717) is 0 Å². The van der Waals surface area contributed by atoms with Crippen molar-refractivity contribution in [2.24, 2.45) is 0 Å². The summed E-state index contributed by atoms with van der Waals surface area (Å²) in [5.41, 5.74) is 0.172. The number of nitrogens with one attached hydrogen (secondary N) is 1. The Morgan fingerprint density at radius 3 is 1.67 bits per heavy atom. The van der Waals surface area contributed by atoms with Crippen molar-refractivity contribution in [1.29, 1.82) is 0 Å². The molecule has 0 bridgehead atoms. The first-order valence-electron chi connectivity index (χ1n) is 9.52. The quantitative estimate of drug-likeness (QED) is 0.431. The van der Waals surface area contributed by atoms with Gasteiger partial charge >= 0.3 is 6.09 Å². The van der Waals surface area contributed by atoms with E-state index in [0.717, 1.165) is 0 Å². The lowest BCUT2D eigenvalue weighted by molar-refractivity contribution is 0.100. The minimum absolute atomic E-state index is 0.172. The van der Waals surface area contributed by atoms with Gasteiger partial charge in [0.2, 0.25) is 0 Å². The Kier molecular flexibility index (Phi) is 10.9. The van der Waals surface area contributed by atoms with Gasteiger partial charge in [-0.1, -0.05) is 13.5 Å². The van der Waals surface area contributed by atoms with E-state index in [-0.39, 0.29) is 5.54 Å². The average molecular weight is 484 g/mol. The molecule has 27 heavy (non-hydrogen) atoms. The van der Waals surface area contributed by atoms with Crippen molar-refractivity contribution in [2.45, 2.75) is 76.2 Å². The Balaban J connectivity index is 5.70. The van der Waals surface area contributed by atoms with Crippen LogP contribution in [-0.2, 0) is 17.1 Å². The summed E-state index contributed by atoms with van der Waals surface area (Å²) >= 11 is 0. The molecule has 1 unspecified atom stereocenters. The second-order valence-electron chi connectivity index (χ2n) is 9.93. The fourth-order valence-corrected chi connectivity index (χ4v) is 15.3. The Bertz CT molecular complexity index is 469. The molecule has 0 aliphatic rings. The second-order valence-corrected chi connectivity index (χ2v) is 31.6. The highest BCUT2D eigenvalue weighted by Crippen LogP contribution is 2.29. The Morgan fingerprint density at radius 2 is 1.33 bits per heavy atom. The molecule has 1 amide bonds. The first-order valence-corrected chi connectivity index (χ1v) is 23.7. The predicted octanol–water partition coefficient (Wildman–Crippen LogP) is 2.12. The molecule has 0 aromatic carbocycles. The molecule has 0 spiro atoms. The molecule has 0 aromatic heterocycles. The average Bonchev–Trinajstić information content (AvgIpc) is 2.45. The third-order valence-corrected chi connectivity index (χ3v) is 22.2. The molecule has 0 aliphatic carbocycles.